The van der Waals surface area contributed by atoms with Gasteiger partial charge in [-0.2, -0.15) is 0 Å². The van der Waals surface area contributed by atoms with Crippen molar-refractivity contribution in [3.8, 4) is 0 Å². The van der Waals surface area contributed by atoms with E-state index in [1.54, 1.807) is 30.6 Å². The van der Waals surface area contributed by atoms with E-state index in [1.165, 1.54) is 0 Å². The van der Waals surface area contributed by atoms with E-state index in [0.29, 0.717) is 37.8 Å². The standard InChI is InChI=1S/C26H28N6O4/c33-23(18-29-26(35)36-19-21-5-2-1-3-6-21)30-22-9-7-20(8-10-22)17-24(34)31-13-15-32(16-14-31)25-27-11-4-12-28-25/h1-12H,13-19H2,(H,29,35)(H,30,33). The number of ether oxygens (including phenoxy) is 1. The first-order valence-corrected chi connectivity index (χ1v) is 11.7. The SMILES string of the molecule is O=C(CNC(=O)OCc1ccccc1)Nc1ccc(CC(=O)N2CCN(c3ncccn3)CC2)cc1. The predicted molar refractivity (Wildman–Crippen MR) is 134 cm³/mol. The molecule has 1 fully saturated rings. The van der Waals surface area contributed by atoms with E-state index in [2.05, 4.69) is 25.5 Å². The molecular formula is C26H28N6O4. The number of alkyl carbamates (subject to hydrolysis) is 1. The molecule has 1 aliphatic rings. The number of hydrogen-bond acceptors (Lipinski definition) is 7. The van der Waals surface area contributed by atoms with E-state index in [-0.39, 0.29) is 31.4 Å². The Bertz CT molecular complexity index is 1150. The third-order valence-electron chi connectivity index (χ3n) is 5.67. The lowest BCUT2D eigenvalue weighted by atomic mass is 10.1. The fourth-order valence-electron chi connectivity index (χ4n) is 3.73. The maximum absolute atomic E-state index is 12.7. The van der Waals surface area contributed by atoms with Crippen LogP contribution in [-0.2, 0) is 27.4 Å². The predicted octanol–water partition coefficient (Wildman–Crippen LogP) is 2.23. The Morgan fingerprint density at radius 1 is 0.833 bits per heavy atom. The van der Waals surface area contributed by atoms with Gasteiger partial charge >= 0.3 is 6.09 Å². The molecule has 0 saturated carbocycles. The highest BCUT2D eigenvalue weighted by Gasteiger charge is 2.22. The number of carbonyl (C=O) groups is 3. The first-order valence-electron chi connectivity index (χ1n) is 11.7. The molecule has 3 amide bonds. The fraction of sp³-hybridized carbons (Fsp3) is 0.269. The lowest BCUT2D eigenvalue weighted by Gasteiger charge is -2.34. The normalized spacial score (nSPS) is 13.1. The molecule has 0 aliphatic carbocycles. The van der Waals surface area contributed by atoms with Gasteiger partial charge in [0, 0.05) is 44.3 Å². The third kappa shape index (κ3) is 7.26. The topological polar surface area (TPSA) is 117 Å². The zero-order valence-corrected chi connectivity index (χ0v) is 19.8. The highest BCUT2D eigenvalue weighted by molar-refractivity contribution is 5.93. The van der Waals surface area contributed by atoms with Gasteiger partial charge in [-0.05, 0) is 29.3 Å². The van der Waals surface area contributed by atoms with E-state index in [0.717, 1.165) is 11.1 Å². The van der Waals surface area contributed by atoms with E-state index >= 15 is 0 Å². The third-order valence-corrected chi connectivity index (χ3v) is 5.67. The quantitative estimate of drug-likeness (QED) is 0.499. The molecule has 0 unspecified atom stereocenters. The molecule has 0 radical (unpaired) electrons. The summed E-state index contributed by atoms with van der Waals surface area (Å²) in [5, 5.41) is 5.14. The Hall–Kier alpha value is -4.47. The monoisotopic (exact) mass is 488 g/mol. The highest BCUT2D eigenvalue weighted by Crippen LogP contribution is 2.14. The number of anilines is 2. The smallest absolute Gasteiger partial charge is 0.407 e. The number of nitrogens with zero attached hydrogens (tertiary/aromatic N) is 4. The summed E-state index contributed by atoms with van der Waals surface area (Å²) >= 11 is 0. The molecule has 10 heteroatoms. The van der Waals surface area contributed by atoms with E-state index in [1.807, 2.05) is 47.4 Å². The number of rotatable bonds is 8. The number of piperazine rings is 1. The fourth-order valence-corrected chi connectivity index (χ4v) is 3.73. The minimum absolute atomic E-state index is 0.0543. The van der Waals surface area contributed by atoms with Crippen LogP contribution in [0.15, 0.2) is 73.1 Å². The number of nitrogens with one attached hydrogen (secondary N) is 2. The van der Waals surface area contributed by atoms with Crippen LogP contribution in [0.5, 0.6) is 0 Å². The molecule has 0 atom stereocenters. The molecule has 0 bridgehead atoms. The first-order chi connectivity index (χ1) is 17.6. The molecule has 2 N–H and O–H groups in total. The molecule has 3 aromatic rings. The molecule has 2 heterocycles. The maximum Gasteiger partial charge on any atom is 0.407 e. The van der Waals surface area contributed by atoms with Gasteiger partial charge in [0.15, 0.2) is 0 Å². The summed E-state index contributed by atoms with van der Waals surface area (Å²) in [5.74, 6) is 0.357. The molecule has 1 aromatic heterocycles. The van der Waals surface area contributed by atoms with Crippen LogP contribution in [0, 0.1) is 0 Å². The van der Waals surface area contributed by atoms with Crippen LogP contribution in [0.2, 0.25) is 0 Å². The number of amides is 3. The summed E-state index contributed by atoms with van der Waals surface area (Å²) < 4.78 is 5.08. The Morgan fingerprint density at radius 3 is 2.22 bits per heavy atom. The van der Waals surface area contributed by atoms with Crippen molar-refractivity contribution in [1.82, 2.24) is 20.2 Å². The second-order valence-electron chi connectivity index (χ2n) is 8.25. The van der Waals surface area contributed by atoms with Crippen molar-refractivity contribution in [2.75, 3.05) is 42.9 Å². The van der Waals surface area contributed by atoms with E-state index in [9.17, 15) is 14.4 Å². The number of carbonyl (C=O) groups excluding carboxylic acids is 3. The van der Waals surface area contributed by atoms with Gasteiger partial charge in [-0.25, -0.2) is 14.8 Å². The molecule has 1 saturated heterocycles. The first kappa shape index (κ1) is 24.6. The van der Waals surface area contributed by atoms with Crippen molar-refractivity contribution in [1.29, 1.82) is 0 Å². The molecule has 0 spiro atoms. The Balaban J connectivity index is 1.16. The van der Waals surface area contributed by atoms with Gasteiger partial charge in [0.2, 0.25) is 17.8 Å². The van der Waals surface area contributed by atoms with E-state index < -0.39 is 6.09 Å². The second-order valence-corrected chi connectivity index (χ2v) is 8.25. The van der Waals surface area contributed by atoms with Gasteiger partial charge in [-0.3, -0.25) is 9.59 Å². The van der Waals surface area contributed by atoms with E-state index in [4.69, 9.17) is 4.74 Å². The van der Waals surface area contributed by atoms with Crippen LogP contribution in [0.25, 0.3) is 0 Å². The maximum atomic E-state index is 12.7. The van der Waals surface area contributed by atoms with Crippen molar-refractivity contribution in [2.24, 2.45) is 0 Å². The summed E-state index contributed by atoms with van der Waals surface area (Å²) in [4.78, 5) is 49.1. The van der Waals surface area contributed by atoms with Crippen molar-refractivity contribution < 1.29 is 19.1 Å². The molecule has 4 rings (SSSR count). The second kappa shape index (κ2) is 12.3. The molecule has 186 valence electrons. The number of aromatic nitrogens is 2. The Labute approximate surface area is 209 Å². The van der Waals surface area contributed by atoms with Gasteiger partial charge in [-0.1, -0.05) is 42.5 Å². The lowest BCUT2D eigenvalue weighted by Crippen LogP contribution is -2.49. The molecule has 10 nitrogen and oxygen atoms in total. The van der Waals surface area contributed by atoms with Gasteiger partial charge in [0.1, 0.15) is 13.2 Å². The highest BCUT2D eigenvalue weighted by atomic mass is 16.5. The van der Waals surface area contributed by atoms with Crippen LogP contribution in [0.1, 0.15) is 11.1 Å². The van der Waals surface area contributed by atoms with Crippen LogP contribution in [0.4, 0.5) is 16.4 Å². The average Bonchev–Trinajstić information content (AvgIpc) is 2.93. The number of benzene rings is 2. The van der Waals surface area contributed by atoms with Crippen molar-refractivity contribution in [2.45, 2.75) is 13.0 Å². The summed E-state index contributed by atoms with van der Waals surface area (Å²) in [5.41, 5.74) is 2.29. The lowest BCUT2D eigenvalue weighted by molar-refractivity contribution is -0.130. The summed E-state index contributed by atoms with van der Waals surface area (Å²) in [6.45, 7) is 2.53. The van der Waals surface area contributed by atoms with Crippen LogP contribution >= 0.6 is 0 Å². The zero-order chi connectivity index (χ0) is 25.2. The summed E-state index contributed by atoms with van der Waals surface area (Å²) in [7, 11) is 0. The van der Waals surface area contributed by atoms with Gasteiger partial charge in [-0.15, -0.1) is 0 Å². The van der Waals surface area contributed by atoms with Crippen LogP contribution in [-0.4, -0.2) is 65.5 Å². The summed E-state index contributed by atoms with van der Waals surface area (Å²) in [6.07, 6.45) is 3.04. The van der Waals surface area contributed by atoms with Crippen molar-refractivity contribution in [3.05, 3.63) is 84.2 Å². The van der Waals surface area contributed by atoms with Gasteiger partial charge in [0.25, 0.3) is 0 Å². The zero-order valence-electron chi connectivity index (χ0n) is 19.8. The summed E-state index contributed by atoms with van der Waals surface area (Å²) in [6, 6.07) is 18.1. The molecule has 36 heavy (non-hydrogen) atoms. The van der Waals surface area contributed by atoms with Crippen LogP contribution < -0.4 is 15.5 Å². The largest absolute Gasteiger partial charge is 0.445 e. The molecule has 1 aliphatic heterocycles. The van der Waals surface area contributed by atoms with Gasteiger partial charge < -0.3 is 25.2 Å². The molecular weight excluding hydrogens is 460 g/mol. The van der Waals surface area contributed by atoms with Crippen molar-refractivity contribution >= 4 is 29.5 Å². The van der Waals surface area contributed by atoms with Gasteiger partial charge in [0.05, 0.1) is 6.42 Å². The average molecular weight is 489 g/mol. The van der Waals surface area contributed by atoms with Crippen LogP contribution in [0.3, 0.4) is 0 Å². The number of hydrogen-bond donors (Lipinski definition) is 2. The minimum atomic E-state index is -0.667. The minimum Gasteiger partial charge on any atom is -0.445 e. The molecule has 2 aromatic carbocycles. The van der Waals surface area contributed by atoms with Crippen molar-refractivity contribution in [3.63, 3.8) is 0 Å². The Morgan fingerprint density at radius 2 is 1.53 bits per heavy atom. The Kier molecular flexibility index (Phi) is 8.42.